The van der Waals surface area contributed by atoms with Crippen molar-refractivity contribution in [2.45, 2.75) is 25.7 Å². The van der Waals surface area contributed by atoms with Crippen molar-refractivity contribution in [1.29, 1.82) is 0 Å². The molecule has 5 aromatic rings. The van der Waals surface area contributed by atoms with Crippen LogP contribution in [0.25, 0.3) is 22.3 Å². The summed E-state index contributed by atoms with van der Waals surface area (Å²) >= 11 is 0. The Morgan fingerprint density at radius 1 is 0.441 bits per heavy atom. The van der Waals surface area contributed by atoms with E-state index in [1.807, 2.05) is 0 Å². The fraction of sp³-hybridized carbons (Fsp3) is 0.118. The second-order valence-corrected chi connectivity index (χ2v) is 8.83. The first-order valence-corrected chi connectivity index (χ1v) is 12.2. The number of benzene rings is 5. The number of hydrogen-bond acceptors (Lipinski definition) is 0. The molecule has 0 unspecified atom stereocenters. The minimum Gasteiger partial charge on any atom is -0.0656 e. The van der Waals surface area contributed by atoms with Gasteiger partial charge >= 0.3 is 0 Å². The molecular formula is C34H30. The van der Waals surface area contributed by atoms with Crippen LogP contribution < -0.4 is 0 Å². The van der Waals surface area contributed by atoms with Crippen molar-refractivity contribution >= 4 is 0 Å². The average molecular weight is 439 g/mol. The van der Waals surface area contributed by atoms with Gasteiger partial charge in [-0.15, -0.1) is 0 Å². The summed E-state index contributed by atoms with van der Waals surface area (Å²) < 4.78 is 0. The first-order valence-electron chi connectivity index (χ1n) is 12.2. The Kier molecular flexibility index (Phi) is 6.14. The van der Waals surface area contributed by atoms with Gasteiger partial charge in [0, 0.05) is 0 Å². The third-order valence-electron chi connectivity index (χ3n) is 6.57. The summed E-state index contributed by atoms with van der Waals surface area (Å²) in [5.41, 5.74) is 10.2. The Hall–Kier alpha value is -3.90. The lowest BCUT2D eigenvalue weighted by atomic mass is 9.67. The van der Waals surface area contributed by atoms with Gasteiger partial charge in [0.25, 0.3) is 0 Å². The lowest BCUT2D eigenvalue weighted by Gasteiger charge is -2.34. The molecule has 0 saturated carbocycles. The zero-order chi connectivity index (χ0) is 23.4. The predicted octanol–water partition coefficient (Wildman–Crippen LogP) is 9.13. The highest BCUT2D eigenvalue weighted by Crippen LogP contribution is 2.58. The van der Waals surface area contributed by atoms with E-state index < -0.39 is 0 Å². The molecule has 0 heterocycles. The number of fused-ring (bicyclic) bond motifs is 3. The van der Waals surface area contributed by atoms with Crippen LogP contribution in [0.3, 0.4) is 0 Å². The van der Waals surface area contributed by atoms with E-state index in [0.29, 0.717) is 0 Å². The van der Waals surface area contributed by atoms with Crippen LogP contribution in [0.1, 0.15) is 42.5 Å². The third kappa shape index (κ3) is 3.47. The summed E-state index contributed by atoms with van der Waals surface area (Å²) in [5.74, 6) is 0. The molecule has 1 aliphatic carbocycles. The van der Waals surface area contributed by atoms with Crippen LogP contribution in [0.2, 0.25) is 0 Å². The van der Waals surface area contributed by atoms with Gasteiger partial charge in [-0.2, -0.15) is 0 Å². The van der Waals surface area contributed by atoms with E-state index in [-0.39, 0.29) is 5.41 Å². The summed E-state index contributed by atoms with van der Waals surface area (Å²) in [6.07, 6.45) is 1.25. The molecule has 166 valence electrons. The van der Waals surface area contributed by atoms with Crippen molar-refractivity contribution in [2.75, 3.05) is 0 Å². The van der Waals surface area contributed by atoms with Crippen molar-refractivity contribution in [3.63, 3.8) is 0 Å². The van der Waals surface area contributed by atoms with Crippen LogP contribution in [-0.4, -0.2) is 0 Å². The van der Waals surface area contributed by atoms with E-state index in [1.54, 1.807) is 0 Å². The molecule has 5 aromatic carbocycles. The highest BCUT2D eigenvalue weighted by atomic mass is 14.5. The predicted molar refractivity (Wildman–Crippen MR) is 145 cm³/mol. The van der Waals surface area contributed by atoms with Crippen LogP contribution >= 0.6 is 0 Å². The average Bonchev–Trinajstić information content (AvgIpc) is 3.22. The minimum absolute atomic E-state index is 0.334. The summed E-state index contributed by atoms with van der Waals surface area (Å²) in [6.45, 7) is 4.25. The third-order valence-corrected chi connectivity index (χ3v) is 6.57. The van der Waals surface area contributed by atoms with E-state index >= 15 is 0 Å². The lowest BCUT2D eigenvalue weighted by molar-refractivity contribution is 0.768. The molecule has 0 heteroatoms. The molecule has 0 fully saturated rings. The molecule has 1 aliphatic rings. The standard InChI is InChI=1S/C31H22.C3H8/c1-4-13-23(14-5-1)26-20-12-22-29-30(26)27-19-10-11-21-28(27)31(29,24-15-6-2-7-16-24)25-17-8-3-9-18-25;1-3-2/h1-22H;3H2,1-2H3. The number of hydrogen-bond donors (Lipinski definition) is 0. The normalized spacial score (nSPS) is 12.8. The van der Waals surface area contributed by atoms with Gasteiger partial charge in [0.2, 0.25) is 0 Å². The first kappa shape index (κ1) is 21.9. The Morgan fingerprint density at radius 2 is 0.882 bits per heavy atom. The summed E-state index contributed by atoms with van der Waals surface area (Å²) in [5, 5.41) is 0. The van der Waals surface area contributed by atoms with Crippen molar-refractivity contribution in [2.24, 2.45) is 0 Å². The van der Waals surface area contributed by atoms with E-state index in [2.05, 4.69) is 147 Å². The van der Waals surface area contributed by atoms with Crippen molar-refractivity contribution < 1.29 is 0 Å². The molecule has 0 amide bonds. The van der Waals surface area contributed by atoms with Gasteiger partial charge < -0.3 is 0 Å². The fourth-order valence-electron chi connectivity index (χ4n) is 5.35. The maximum absolute atomic E-state index is 2.32. The van der Waals surface area contributed by atoms with Gasteiger partial charge in [0.05, 0.1) is 5.41 Å². The Balaban J connectivity index is 0.000000764. The molecule has 0 N–H and O–H groups in total. The highest BCUT2D eigenvalue weighted by Gasteiger charge is 2.46. The Morgan fingerprint density at radius 3 is 1.47 bits per heavy atom. The summed E-state index contributed by atoms with van der Waals surface area (Å²) in [4.78, 5) is 0. The molecule has 0 atom stereocenters. The largest absolute Gasteiger partial charge is 0.0713 e. The molecule has 0 bridgehead atoms. The van der Waals surface area contributed by atoms with Gasteiger partial charge in [0.15, 0.2) is 0 Å². The molecule has 0 nitrogen and oxygen atoms in total. The van der Waals surface area contributed by atoms with Crippen LogP contribution in [0, 0.1) is 0 Å². The lowest BCUT2D eigenvalue weighted by Crippen LogP contribution is -2.28. The van der Waals surface area contributed by atoms with Gasteiger partial charge in [-0.25, -0.2) is 0 Å². The highest BCUT2D eigenvalue weighted by molar-refractivity contribution is 5.95. The second kappa shape index (κ2) is 9.53. The minimum atomic E-state index is -0.334. The van der Waals surface area contributed by atoms with Gasteiger partial charge in [-0.3, -0.25) is 0 Å². The van der Waals surface area contributed by atoms with E-state index in [9.17, 15) is 0 Å². The molecule has 0 saturated heterocycles. The quantitative estimate of drug-likeness (QED) is 0.258. The van der Waals surface area contributed by atoms with Crippen LogP contribution in [0.4, 0.5) is 0 Å². The zero-order valence-electron chi connectivity index (χ0n) is 19.9. The molecule has 6 rings (SSSR count). The van der Waals surface area contributed by atoms with Crippen molar-refractivity contribution in [3.05, 3.63) is 156 Å². The monoisotopic (exact) mass is 438 g/mol. The maximum atomic E-state index is 2.32. The van der Waals surface area contributed by atoms with Crippen LogP contribution in [-0.2, 0) is 5.41 Å². The second-order valence-electron chi connectivity index (χ2n) is 8.83. The Labute approximate surface area is 203 Å². The van der Waals surface area contributed by atoms with Gasteiger partial charge in [-0.05, 0) is 44.5 Å². The Bertz CT molecular complexity index is 1330. The molecule has 0 aromatic heterocycles. The zero-order valence-corrected chi connectivity index (χ0v) is 19.9. The van der Waals surface area contributed by atoms with E-state index in [1.165, 1.54) is 50.9 Å². The maximum Gasteiger partial charge on any atom is 0.0713 e. The summed E-state index contributed by atoms with van der Waals surface area (Å²) in [7, 11) is 0. The van der Waals surface area contributed by atoms with Crippen molar-refractivity contribution in [3.8, 4) is 22.3 Å². The van der Waals surface area contributed by atoms with Gasteiger partial charge in [0.1, 0.15) is 0 Å². The van der Waals surface area contributed by atoms with Gasteiger partial charge in [-0.1, -0.05) is 154 Å². The SMILES string of the molecule is CCC.c1ccc(-c2cccc3c2-c2ccccc2C3(c2ccccc2)c2ccccc2)cc1. The summed E-state index contributed by atoms with van der Waals surface area (Å²) in [6, 6.07) is 48.4. The molecular weight excluding hydrogens is 408 g/mol. The van der Waals surface area contributed by atoms with Crippen LogP contribution in [0.15, 0.2) is 133 Å². The molecule has 0 spiro atoms. The topological polar surface area (TPSA) is 0 Å². The molecule has 34 heavy (non-hydrogen) atoms. The molecule has 0 radical (unpaired) electrons. The first-order chi connectivity index (χ1) is 16.8. The van der Waals surface area contributed by atoms with E-state index in [4.69, 9.17) is 0 Å². The van der Waals surface area contributed by atoms with E-state index in [0.717, 1.165) is 0 Å². The smallest absolute Gasteiger partial charge is 0.0656 e. The fourth-order valence-corrected chi connectivity index (χ4v) is 5.35. The number of rotatable bonds is 3. The molecule has 0 aliphatic heterocycles. The van der Waals surface area contributed by atoms with Crippen molar-refractivity contribution in [1.82, 2.24) is 0 Å². The van der Waals surface area contributed by atoms with Crippen LogP contribution in [0.5, 0.6) is 0 Å².